The number of rotatable bonds is 2. The number of allylic oxidation sites excluding steroid dienone is 7. The zero-order valence-corrected chi connectivity index (χ0v) is 13.0. The fourth-order valence-corrected chi connectivity index (χ4v) is 3.56. The first-order valence-corrected chi connectivity index (χ1v) is 8.21. The fraction of sp³-hybridized carbons (Fsp3) is 0.300. The summed E-state index contributed by atoms with van der Waals surface area (Å²) in [7, 11) is 0. The van der Waals surface area contributed by atoms with Crippen LogP contribution in [0.15, 0.2) is 77.8 Å². The molecule has 0 saturated carbocycles. The standard InChI is InChI=1S/C20H22N2/c1-15-12-13-19-18(14-15)21-20(16-8-4-2-5-9-16)22(19)17-10-6-3-7-11-17/h2-6,8-10,12-13,15,20-21H,7,11,14H2,1H3. The Labute approximate surface area is 132 Å². The Kier molecular flexibility index (Phi) is 3.38. The van der Waals surface area contributed by atoms with E-state index in [4.69, 9.17) is 0 Å². The molecule has 0 bridgehead atoms. The number of benzene rings is 1. The molecule has 0 saturated heterocycles. The Morgan fingerprint density at radius 3 is 2.82 bits per heavy atom. The second-order valence-electron chi connectivity index (χ2n) is 6.36. The molecule has 1 aliphatic heterocycles. The van der Waals surface area contributed by atoms with Crippen LogP contribution in [0.25, 0.3) is 0 Å². The Morgan fingerprint density at radius 2 is 2.05 bits per heavy atom. The van der Waals surface area contributed by atoms with Gasteiger partial charge in [-0.2, -0.15) is 0 Å². The summed E-state index contributed by atoms with van der Waals surface area (Å²) in [4.78, 5) is 2.50. The van der Waals surface area contributed by atoms with Crippen molar-refractivity contribution in [1.29, 1.82) is 0 Å². The summed E-state index contributed by atoms with van der Waals surface area (Å²) in [5.41, 5.74) is 5.48. The second-order valence-corrected chi connectivity index (χ2v) is 6.36. The maximum absolute atomic E-state index is 3.78. The van der Waals surface area contributed by atoms with Gasteiger partial charge in [0.2, 0.25) is 0 Å². The summed E-state index contributed by atoms with van der Waals surface area (Å²) in [6.45, 7) is 2.28. The predicted molar refractivity (Wildman–Crippen MR) is 90.6 cm³/mol. The molecule has 1 heterocycles. The first-order chi connectivity index (χ1) is 10.8. The molecule has 112 valence electrons. The van der Waals surface area contributed by atoms with E-state index in [1.54, 1.807) is 0 Å². The van der Waals surface area contributed by atoms with Gasteiger partial charge < -0.3 is 10.2 Å². The molecule has 2 nitrogen and oxygen atoms in total. The van der Waals surface area contributed by atoms with Gasteiger partial charge in [-0.25, -0.2) is 0 Å². The minimum atomic E-state index is 0.221. The van der Waals surface area contributed by atoms with Gasteiger partial charge in [-0.15, -0.1) is 0 Å². The lowest BCUT2D eigenvalue weighted by atomic mass is 9.98. The van der Waals surface area contributed by atoms with Gasteiger partial charge in [0.15, 0.2) is 0 Å². The van der Waals surface area contributed by atoms with Crippen molar-refractivity contribution >= 4 is 0 Å². The number of hydrogen-bond donors (Lipinski definition) is 1. The van der Waals surface area contributed by atoms with Gasteiger partial charge in [-0.3, -0.25) is 0 Å². The van der Waals surface area contributed by atoms with E-state index in [1.165, 1.54) is 22.7 Å². The summed E-state index contributed by atoms with van der Waals surface area (Å²) < 4.78 is 0. The SMILES string of the molecule is CC1C=CC2=C(C1)NC(c1ccccc1)N2C1=CC=CCC1. The van der Waals surface area contributed by atoms with Crippen LogP contribution in [0.1, 0.15) is 37.9 Å². The van der Waals surface area contributed by atoms with Crippen LogP contribution in [0.5, 0.6) is 0 Å². The van der Waals surface area contributed by atoms with E-state index < -0.39 is 0 Å². The third-order valence-electron chi connectivity index (χ3n) is 4.66. The van der Waals surface area contributed by atoms with E-state index in [1.807, 2.05) is 0 Å². The molecule has 4 rings (SSSR count). The van der Waals surface area contributed by atoms with Crippen LogP contribution in [0, 0.1) is 5.92 Å². The smallest absolute Gasteiger partial charge is 0.130 e. The van der Waals surface area contributed by atoms with E-state index in [2.05, 4.69) is 77.9 Å². The number of nitrogens with one attached hydrogen (secondary N) is 1. The van der Waals surface area contributed by atoms with Crippen LogP contribution < -0.4 is 5.32 Å². The fourth-order valence-electron chi connectivity index (χ4n) is 3.56. The molecule has 0 fully saturated rings. The summed E-state index contributed by atoms with van der Waals surface area (Å²) in [5, 5.41) is 3.78. The average molecular weight is 290 g/mol. The van der Waals surface area contributed by atoms with Crippen LogP contribution in [0.2, 0.25) is 0 Å². The van der Waals surface area contributed by atoms with E-state index in [0.717, 1.165) is 19.3 Å². The van der Waals surface area contributed by atoms with Gasteiger partial charge in [0.05, 0.1) is 5.70 Å². The molecule has 0 amide bonds. The van der Waals surface area contributed by atoms with Crippen molar-refractivity contribution in [3.05, 3.63) is 83.4 Å². The van der Waals surface area contributed by atoms with Gasteiger partial charge in [0.25, 0.3) is 0 Å². The first-order valence-electron chi connectivity index (χ1n) is 8.21. The highest BCUT2D eigenvalue weighted by atomic mass is 15.3. The lowest BCUT2D eigenvalue weighted by Gasteiger charge is -2.31. The second kappa shape index (κ2) is 5.53. The zero-order chi connectivity index (χ0) is 14.9. The van der Waals surface area contributed by atoms with E-state index in [-0.39, 0.29) is 6.17 Å². The van der Waals surface area contributed by atoms with Crippen LogP contribution >= 0.6 is 0 Å². The summed E-state index contributed by atoms with van der Waals surface area (Å²) >= 11 is 0. The van der Waals surface area contributed by atoms with Gasteiger partial charge in [-0.05, 0) is 42.9 Å². The number of hydrogen-bond acceptors (Lipinski definition) is 2. The molecule has 1 N–H and O–H groups in total. The largest absolute Gasteiger partial charge is 0.363 e. The van der Waals surface area contributed by atoms with Gasteiger partial charge >= 0.3 is 0 Å². The minimum absolute atomic E-state index is 0.221. The highest BCUT2D eigenvalue weighted by Gasteiger charge is 2.34. The molecule has 22 heavy (non-hydrogen) atoms. The van der Waals surface area contributed by atoms with E-state index in [0.29, 0.717) is 5.92 Å². The molecule has 1 aromatic carbocycles. The van der Waals surface area contributed by atoms with E-state index in [9.17, 15) is 0 Å². The average Bonchev–Trinajstić information content (AvgIpc) is 2.95. The Balaban J connectivity index is 1.75. The monoisotopic (exact) mass is 290 g/mol. The highest BCUT2D eigenvalue weighted by Crippen LogP contribution is 2.40. The van der Waals surface area contributed by atoms with Crippen molar-refractivity contribution in [1.82, 2.24) is 10.2 Å². The first kappa shape index (κ1) is 13.4. The molecule has 0 spiro atoms. The number of nitrogens with zero attached hydrogens (tertiary/aromatic N) is 1. The maximum atomic E-state index is 3.78. The summed E-state index contributed by atoms with van der Waals surface area (Å²) in [6, 6.07) is 10.8. The van der Waals surface area contributed by atoms with Crippen LogP contribution in [-0.2, 0) is 0 Å². The molecule has 1 aromatic rings. The summed E-state index contributed by atoms with van der Waals surface area (Å²) in [6.07, 6.45) is 14.9. The van der Waals surface area contributed by atoms with Crippen LogP contribution in [0.4, 0.5) is 0 Å². The van der Waals surface area contributed by atoms with Gasteiger partial charge in [0.1, 0.15) is 6.17 Å². The van der Waals surface area contributed by atoms with Crippen molar-refractivity contribution in [3.63, 3.8) is 0 Å². The highest BCUT2D eigenvalue weighted by molar-refractivity contribution is 5.40. The van der Waals surface area contributed by atoms with Crippen molar-refractivity contribution in [2.45, 2.75) is 32.4 Å². The molecule has 2 heteroatoms. The quantitative estimate of drug-likeness (QED) is 0.854. The minimum Gasteiger partial charge on any atom is -0.363 e. The Morgan fingerprint density at radius 1 is 1.18 bits per heavy atom. The Bertz CT molecular complexity index is 679. The summed E-state index contributed by atoms with van der Waals surface area (Å²) in [5.74, 6) is 0.614. The zero-order valence-electron chi connectivity index (χ0n) is 13.0. The molecule has 2 unspecified atom stereocenters. The molecular weight excluding hydrogens is 268 g/mol. The van der Waals surface area contributed by atoms with Gasteiger partial charge in [0, 0.05) is 11.4 Å². The molecule has 0 radical (unpaired) electrons. The van der Waals surface area contributed by atoms with Crippen LogP contribution in [0.3, 0.4) is 0 Å². The van der Waals surface area contributed by atoms with Gasteiger partial charge in [-0.1, -0.05) is 55.5 Å². The molecule has 2 atom stereocenters. The molecule has 2 aliphatic carbocycles. The van der Waals surface area contributed by atoms with Crippen molar-refractivity contribution in [2.24, 2.45) is 5.92 Å². The lowest BCUT2D eigenvalue weighted by molar-refractivity contribution is 0.321. The topological polar surface area (TPSA) is 15.3 Å². The lowest BCUT2D eigenvalue weighted by Crippen LogP contribution is -2.29. The van der Waals surface area contributed by atoms with Crippen LogP contribution in [-0.4, -0.2) is 4.90 Å². The molecular formula is C20H22N2. The molecule has 3 aliphatic rings. The predicted octanol–water partition coefficient (Wildman–Crippen LogP) is 4.63. The van der Waals surface area contributed by atoms with E-state index >= 15 is 0 Å². The third kappa shape index (κ3) is 2.29. The maximum Gasteiger partial charge on any atom is 0.130 e. The van der Waals surface area contributed by atoms with Crippen molar-refractivity contribution in [2.75, 3.05) is 0 Å². The third-order valence-corrected chi connectivity index (χ3v) is 4.66. The Hall–Kier alpha value is -2.22. The molecule has 0 aromatic heterocycles. The normalized spacial score (nSPS) is 26.8. The van der Waals surface area contributed by atoms with Crippen molar-refractivity contribution < 1.29 is 0 Å². The van der Waals surface area contributed by atoms with Crippen molar-refractivity contribution in [3.8, 4) is 0 Å².